The number of rotatable bonds is 3. The fourth-order valence-corrected chi connectivity index (χ4v) is 5.55. The Hall–Kier alpha value is -2.84. The summed E-state index contributed by atoms with van der Waals surface area (Å²) in [5, 5.41) is 1.12. The van der Waals surface area contributed by atoms with Crippen LogP contribution >= 0.6 is 11.3 Å². The van der Waals surface area contributed by atoms with Gasteiger partial charge in [0, 0.05) is 49.2 Å². The number of ether oxygens (including phenoxy) is 1. The fourth-order valence-electron chi connectivity index (χ4n) is 4.29. The summed E-state index contributed by atoms with van der Waals surface area (Å²) >= 11 is 1.56. The van der Waals surface area contributed by atoms with Gasteiger partial charge >= 0.3 is 0 Å². The van der Waals surface area contributed by atoms with Gasteiger partial charge in [0.1, 0.15) is 5.69 Å². The Kier molecular flexibility index (Phi) is 5.18. The molecule has 0 spiro atoms. The number of amides is 2. The van der Waals surface area contributed by atoms with E-state index < -0.39 is 0 Å². The number of benzene rings is 1. The Morgan fingerprint density at radius 2 is 1.87 bits per heavy atom. The van der Waals surface area contributed by atoms with Crippen molar-refractivity contribution in [1.29, 1.82) is 0 Å². The van der Waals surface area contributed by atoms with E-state index in [4.69, 9.17) is 4.74 Å². The Balaban J connectivity index is 1.46. The minimum absolute atomic E-state index is 0.0770. The summed E-state index contributed by atoms with van der Waals surface area (Å²) in [4.78, 5) is 38.9. The third-order valence-electron chi connectivity index (χ3n) is 5.79. The summed E-state index contributed by atoms with van der Waals surface area (Å²) in [6.07, 6.45) is 5.43. The zero-order chi connectivity index (χ0) is 20.5. The van der Waals surface area contributed by atoms with Crippen LogP contribution in [0.3, 0.4) is 0 Å². The first-order valence-electron chi connectivity index (χ1n) is 10.2. The second-order valence-corrected chi connectivity index (χ2v) is 8.63. The monoisotopic (exact) mass is 422 g/mol. The van der Waals surface area contributed by atoms with Crippen molar-refractivity contribution in [2.45, 2.75) is 12.3 Å². The number of hydrogen-bond donors (Lipinski definition) is 0. The van der Waals surface area contributed by atoms with Crippen molar-refractivity contribution < 1.29 is 14.3 Å². The van der Waals surface area contributed by atoms with Crippen LogP contribution in [0.2, 0.25) is 0 Å². The van der Waals surface area contributed by atoms with Crippen molar-refractivity contribution in [2.75, 3.05) is 39.4 Å². The summed E-state index contributed by atoms with van der Waals surface area (Å²) in [7, 11) is 0. The van der Waals surface area contributed by atoms with Gasteiger partial charge < -0.3 is 14.5 Å². The summed E-state index contributed by atoms with van der Waals surface area (Å²) in [6, 6.07) is 8.17. The topological polar surface area (TPSA) is 75.6 Å². The minimum Gasteiger partial charge on any atom is -0.378 e. The number of aromatic nitrogens is 2. The smallest absolute Gasteiger partial charge is 0.274 e. The van der Waals surface area contributed by atoms with E-state index in [0.29, 0.717) is 45.1 Å². The highest BCUT2D eigenvalue weighted by atomic mass is 32.1. The van der Waals surface area contributed by atoms with E-state index in [9.17, 15) is 9.59 Å². The van der Waals surface area contributed by atoms with E-state index >= 15 is 0 Å². The van der Waals surface area contributed by atoms with Gasteiger partial charge in [0.15, 0.2) is 0 Å². The van der Waals surface area contributed by atoms with Crippen LogP contribution in [0, 0.1) is 0 Å². The first kappa shape index (κ1) is 19.1. The second kappa shape index (κ2) is 8.12. The lowest BCUT2D eigenvalue weighted by atomic mass is 9.94. The van der Waals surface area contributed by atoms with Gasteiger partial charge in [-0.1, -0.05) is 18.2 Å². The predicted octanol–water partition coefficient (Wildman–Crippen LogP) is 2.79. The lowest BCUT2D eigenvalue weighted by Gasteiger charge is -2.27. The number of thiophene rings is 1. The van der Waals surface area contributed by atoms with Crippen LogP contribution in [0.5, 0.6) is 0 Å². The molecule has 2 amide bonds. The van der Waals surface area contributed by atoms with Crippen molar-refractivity contribution in [2.24, 2.45) is 0 Å². The molecule has 2 aliphatic heterocycles. The van der Waals surface area contributed by atoms with Crippen molar-refractivity contribution >= 4 is 33.2 Å². The molecule has 1 aromatic carbocycles. The molecule has 0 radical (unpaired) electrons. The number of likely N-dealkylation sites (tertiary alicyclic amines) is 1. The zero-order valence-electron chi connectivity index (χ0n) is 16.5. The summed E-state index contributed by atoms with van der Waals surface area (Å²) in [5.41, 5.74) is 1.44. The van der Waals surface area contributed by atoms with Gasteiger partial charge in [0.25, 0.3) is 11.8 Å². The van der Waals surface area contributed by atoms with Crippen LogP contribution in [0.1, 0.15) is 38.1 Å². The third kappa shape index (κ3) is 3.46. The third-order valence-corrected chi connectivity index (χ3v) is 6.97. The van der Waals surface area contributed by atoms with Crippen molar-refractivity contribution in [1.82, 2.24) is 19.8 Å². The van der Waals surface area contributed by atoms with Gasteiger partial charge in [-0.3, -0.25) is 14.6 Å². The molecule has 5 rings (SSSR count). The summed E-state index contributed by atoms with van der Waals surface area (Å²) in [5.74, 6) is 0.0983. The molecule has 0 aliphatic carbocycles. The highest BCUT2D eigenvalue weighted by Gasteiger charge is 2.34. The van der Waals surface area contributed by atoms with Crippen molar-refractivity contribution in [3.05, 3.63) is 59.0 Å². The molecule has 2 fully saturated rings. The molecule has 1 unspecified atom stereocenters. The lowest BCUT2D eigenvalue weighted by molar-refractivity contribution is 0.0305. The van der Waals surface area contributed by atoms with Gasteiger partial charge in [0.05, 0.1) is 24.3 Å². The minimum atomic E-state index is -0.105. The average molecular weight is 423 g/mol. The molecular formula is C22H22N4O3S. The van der Waals surface area contributed by atoms with E-state index in [1.54, 1.807) is 17.5 Å². The van der Waals surface area contributed by atoms with E-state index in [2.05, 4.69) is 22.1 Å². The molecule has 8 heteroatoms. The SMILES string of the molecule is O=C(c1cnccn1)N1CCC(c2c(C(=O)N3CCOCC3)sc3ccccc23)C1. The van der Waals surface area contributed by atoms with E-state index in [1.165, 1.54) is 12.4 Å². The molecule has 2 aromatic heterocycles. The van der Waals surface area contributed by atoms with Gasteiger partial charge in [0.2, 0.25) is 0 Å². The second-order valence-electron chi connectivity index (χ2n) is 7.57. The Labute approximate surface area is 178 Å². The Morgan fingerprint density at radius 1 is 1.03 bits per heavy atom. The molecule has 30 heavy (non-hydrogen) atoms. The standard InChI is InChI=1S/C22H22N4O3S/c27-21(17-13-23-6-7-24-17)26-8-5-15(14-26)19-16-3-1-2-4-18(16)30-20(19)22(28)25-9-11-29-12-10-25/h1-4,6-7,13,15H,5,8-12,14H2. The number of nitrogens with zero attached hydrogens (tertiary/aromatic N) is 4. The molecule has 1 atom stereocenters. The van der Waals surface area contributed by atoms with Gasteiger partial charge in [-0.25, -0.2) is 4.98 Å². The average Bonchev–Trinajstić information content (AvgIpc) is 3.44. The number of carbonyl (C=O) groups excluding carboxylic acids is 2. The highest BCUT2D eigenvalue weighted by Crippen LogP contribution is 2.41. The molecule has 7 nitrogen and oxygen atoms in total. The Morgan fingerprint density at radius 3 is 2.67 bits per heavy atom. The van der Waals surface area contributed by atoms with Crippen LogP contribution < -0.4 is 0 Å². The molecule has 0 saturated carbocycles. The van der Waals surface area contributed by atoms with Gasteiger partial charge in [-0.05, 0) is 23.4 Å². The largest absolute Gasteiger partial charge is 0.378 e. The quantitative estimate of drug-likeness (QED) is 0.649. The maximum absolute atomic E-state index is 13.4. The van der Waals surface area contributed by atoms with Crippen LogP contribution in [-0.4, -0.2) is 71.0 Å². The fraction of sp³-hybridized carbons (Fsp3) is 0.364. The number of hydrogen-bond acceptors (Lipinski definition) is 6. The summed E-state index contributed by atoms with van der Waals surface area (Å²) in [6.45, 7) is 3.63. The number of morpholine rings is 1. The Bertz CT molecular complexity index is 1080. The normalized spacial score (nSPS) is 19.4. The van der Waals surface area contributed by atoms with Crippen molar-refractivity contribution in [3.63, 3.8) is 0 Å². The highest BCUT2D eigenvalue weighted by molar-refractivity contribution is 7.21. The summed E-state index contributed by atoms with van der Waals surface area (Å²) < 4.78 is 6.53. The maximum atomic E-state index is 13.4. The lowest BCUT2D eigenvalue weighted by Crippen LogP contribution is -2.40. The molecule has 154 valence electrons. The molecule has 2 saturated heterocycles. The van der Waals surface area contributed by atoms with Crippen LogP contribution in [-0.2, 0) is 4.74 Å². The van der Waals surface area contributed by atoms with E-state index in [1.807, 2.05) is 21.9 Å². The van der Waals surface area contributed by atoms with Crippen LogP contribution in [0.15, 0.2) is 42.9 Å². The van der Waals surface area contributed by atoms with Crippen LogP contribution in [0.25, 0.3) is 10.1 Å². The molecule has 3 aromatic rings. The zero-order valence-corrected chi connectivity index (χ0v) is 17.3. The molecule has 4 heterocycles. The molecule has 0 bridgehead atoms. The van der Waals surface area contributed by atoms with Gasteiger partial charge in [-0.2, -0.15) is 0 Å². The van der Waals surface area contributed by atoms with Gasteiger partial charge in [-0.15, -0.1) is 11.3 Å². The number of carbonyl (C=O) groups is 2. The molecule has 2 aliphatic rings. The molecular weight excluding hydrogens is 400 g/mol. The molecule has 0 N–H and O–H groups in total. The first-order chi connectivity index (χ1) is 14.7. The van der Waals surface area contributed by atoms with E-state index in [-0.39, 0.29) is 17.7 Å². The maximum Gasteiger partial charge on any atom is 0.274 e. The van der Waals surface area contributed by atoms with E-state index in [0.717, 1.165) is 26.9 Å². The van der Waals surface area contributed by atoms with Crippen molar-refractivity contribution in [3.8, 4) is 0 Å². The number of fused-ring (bicyclic) bond motifs is 1. The predicted molar refractivity (Wildman–Crippen MR) is 114 cm³/mol. The van der Waals surface area contributed by atoms with Crippen LogP contribution in [0.4, 0.5) is 0 Å². The first-order valence-corrected chi connectivity index (χ1v) is 11.0.